The van der Waals surface area contributed by atoms with E-state index in [4.69, 9.17) is 5.73 Å². The number of halogens is 1. The van der Waals surface area contributed by atoms with Crippen molar-refractivity contribution in [3.05, 3.63) is 22.7 Å². The molecule has 0 saturated heterocycles. The quantitative estimate of drug-likeness (QED) is 0.779. The maximum atomic E-state index is 5.80. The second kappa shape index (κ2) is 4.44. The maximum absolute atomic E-state index is 5.80. The van der Waals surface area contributed by atoms with Gasteiger partial charge in [-0.2, -0.15) is 5.21 Å². The lowest BCUT2D eigenvalue weighted by Crippen LogP contribution is -2.10. The number of pyridine rings is 1. The van der Waals surface area contributed by atoms with Gasteiger partial charge in [-0.25, -0.2) is 0 Å². The van der Waals surface area contributed by atoms with Crippen LogP contribution in [0.25, 0.3) is 0 Å². The van der Waals surface area contributed by atoms with Gasteiger partial charge in [0.15, 0.2) is 5.82 Å². The second-order valence-corrected chi connectivity index (χ2v) is 4.08. The molecule has 0 aliphatic heterocycles. The molecule has 0 radical (unpaired) electrons. The van der Waals surface area contributed by atoms with Crippen LogP contribution >= 0.6 is 15.9 Å². The van der Waals surface area contributed by atoms with Crippen LogP contribution in [0.2, 0.25) is 0 Å². The van der Waals surface area contributed by atoms with Gasteiger partial charge in [-0.3, -0.25) is 4.98 Å². The van der Waals surface area contributed by atoms with Crippen LogP contribution in [-0.2, 0) is 0 Å². The molecule has 0 spiro atoms. The number of anilines is 2. The predicted molar refractivity (Wildman–Crippen MR) is 62.6 cm³/mol. The van der Waals surface area contributed by atoms with Crippen molar-refractivity contribution in [3.63, 3.8) is 0 Å². The lowest BCUT2D eigenvalue weighted by molar-refractivity contribution is 0.793. The highest BCUT2D eigenvalue weighted by molar-refractivity contribution is 9.10. The molecule has 2 rings (SSSR count). The van der Waals surface area contributed by atoms with E-state index in [0.717, 1.165) is 10.2 Å². The van der Waals surface area contributed by atoms with Gasteiger partial charge in [0.05, 0.1) is 28.1 Å². The zero-order valence-electron chi connectivity index (χ0n) is 8.48. The number of rotatable bonds is 3. The number of aromatic nitrogens is 5. The van der Waals surface area contributed by atoms with E-state index >= 15 is 0 Å². The Labute approximate surface area is 100.0 Å². The molecule has 0 amide bonds. The van der Waals surface area contributed by atoms with Crippen molar-refractivity contribution in [1.29, 1.82) is 0 Å². The molecule has 0 saturated carbocycles. The topological polar surface area (TPSA) is 105 Å². The molecular formula is C8H10BrN7. The average molecular weight is 284 g/mol. The Morgan fingerprint density at radius 2 is 2.31 bits per heavy atom. The monoisotopic (exact) mass is 283 g/mol. The average Bonchev–Trinajstić information content (AvgIpc) is 2.76. The molecule has 0 bridgehead atoms. The third kappa shape index (κ3) is 2.11. The van der Waals surface area contributed by atoms with Crippen LogP contribution in [0.15, 0.2) is 16.9 Å². The highest BCUT2D eigenvalue weighted by atomic mass is 79.9. The van der Waals surface area contributed by atoms with E-state index < -0.39 is 0 Å². The summed E-state index contributed by atoms with van der Waals surface area (Å²) in [4.78, 5) is 3.95. The highest BCUT2D eigenvalue weighted by Gasteiger charge is 2.13. The summed E-state index contributed by atoms with van der Waals surface area (Å²) in [7, 11) is 0. The molecule has 0 aliphatic carbocycles. The number of aromatic amines is 1. The molecule has 7 nitrogen and oxygen atoms in total. The van der Waals surface area contributed by atoms with Gasteiger partial charge < -0.3 is 11.1 Å². The number of hydrogen-bond donors (Lipinski definition) is 3. The van der Waals surface area contributed by atoms with Crippen molar-refractivity contribution in [1.82, 2.24) is 25.6 Å². The first-order valence-electron chi connectivity index (χ1n) is 4.57. The number of nitrogens with zero attached hydrogens (tertiary/aromatic N) is 4. The molecule has 1 unspecified atom stereocenters. The number of H-pyrrole nitrogens is 1. The number of nitrogens with two attached hydrogens (primary N) is 1. The molecule has 2 heterocycles. The van der Waals surface area contributed by atoms with E-state index in [2.05, 4.69) is 46.9 Å². The Morgan fingerprint density at radius 1 is 1.50 bits per heavy atom. The first kappa shape index (κ1) is 10.8. The normalized spacial score (nSPS) is 12.4. The Bertz CT molecular complexity index is 449. The molecule has 0 aromatic carbocycles. The molecule has 0 aliphatic rings. The van der Waals surface area contributed by atoms with Gasteiger partial charge in [0.2, 0.25) is 0 Å². The molecule has 16 heavy (non-hydrogen) atoms. The lowest BCUT2D eigenvalue weighted by atomic mass is 10.2. The molecular weight excluding hydrogens is 274 g/mol. The van der Waals surface area contributed by atoms with E-state index in [-0.39, 0.29) is 6.04 Å². The summed E-state index contributed by atoms with van der Waals surface area (Å²) < 4.78 is 0.794. The first-order valence-corrected chi connectivity index (χ1v) is 5.36. The van der Waals surface area contributed by atoms with Gasteiger partial charge in [-0.05, 0) is 22.9 Å². The minimum absolute atomic E-state index is 0.0975. The summed E-state index contributed by atoms with van der Waals surface area (Å²) in [5.74, 6) is 0.572. The van der Waals surface area contributed by atoms with Crippen molar-refractivity contribution >= 4 is 27.3 Å². The predicted octanol–water partition coefficient (Wildman–Crippen LogP) is 1.11. The molecule has 1 atom stereocenters. The Hall–Kier alpha value is -1.70. The SMILES string of the molecule is CC(Nc1c(N)cncc1Br)c1nn[nH]n1. The summed E-state index contributed by atoms with van der Waals surface area (Å²) in [6.07, 6.45) is 3.25. The Balaban J connectivity index is 2.21. The van der Waals surface area contributed by atoms with Crippen LogP contribution in [-0.4, -0.2) is 25.6 Å². The Morgan fingerprint density at radius 3 is 2.94 bits per heavy atom. The van der Waals surface area contributed by atoms with E-state index in [1.54, 1.807) is 12.4 Å². The molecule has 2 aromatic heterocycles. The van der Waals surface area contributed by atoms with Gasteiger partial charge in [-0.15, -0.1) is 10.2 Å². The zero-order chi connectivity index (χ0) is 11.5. The third-order valence-electron chi connectivity index (χ3n) is 2.04. The fourth-order valence-corrected chi connectivity index (χ4v) is 1.70. The van der Waals surface area contributed by atoms with E-state index in [0.29, 0.717) is 11.5 Å². The van der Waals surface area contributed by atoms with Crippen LogP contribution in [0.1, 0.15) is 18.8 Å². The van der Waals surface area contributed by atoms with Gasteiger partial charge in [-0.1, -0.05) is 5.21 Å². The van der Waals surface area contributed by atoms with Crippen molar-refractivity contribution in [3.8, 4) is 0 Å². The summed E-state index contributed by atoms with van der Waals surface area (Å²) in [6.45, 7) is 1.91. The molecule has 0 fully saturated rings. The maximum Gasteiger partial charge on any atom is 0.196 e. The molecule has 8 heteroatoms. The summed E-state index contributed by atoms with van der Waals surface area (Å²) >= 11 is 3.37. The van der Waals surface area contributed by atoms with Crippen molar-refractivity contribution in [2.75, 3.05) is 11.1 Å². The number of hydrogen-bond acceptors (Lipinski definition) is 6. The smallest absolute Gasteiger partial charge is 0.196 e. The minimum atomic E-state index is -0.0975. The fourth-order valence-electron chi connectivity index (χ4n) is 1.24. The highest BCUT2D eigenvalue weighted by Crippen LogP contribution is 2.29. The van der Waals surface area contributed by atoms with Gasteiger partial charge in [0, 0.05) is 6.20 Å². The van der Waals surface area contributed by atoms with Crippen molar-refractivity contribution in [2.24, 2.45) is 0 Å². The van der Waals surface area contributed by atoms with Crippen LogP contribution in [0, 0.1) is 0 Å². The van der Waals surface area contributed by atoms with E-state index in [9.17, 15) is 0 Å². The summed E-state index contributed by atoms with van der Waals surface area (Å²) in [5.41, 5.74) is 7.13. The molecule has 4 N–H and O–H groups in total. The number of nitrogen functional groups attached to an aromatic ring is 1. The van der Waals surface area contributed by atoms with Gasteiger partial charge in [0.25, 0.3) is 0 Å². The Kier molecular flexibility index (Phi) is 3.00. The van der Waals surface area contributed by atoms with Gasteiger partial charge >= 0.3 is 0 Å². The lowest BCUT2D eigenvalue weighted by Gasteiger charge is -2.14. The van der Waals surface area contributed by atoms with Crippen molar-refractivity contribution < 1.29 is 0 Å². The number of tetrazole rings is 1. The van der Waals surface area contributed by atoms with Crippen molar-refractivity contribution in [2.45, 2.75) is 13.0 Å². The largest absolute Gasteiger partial charge is 0.396 e. The molecule has 2 aromatic rings. The minimum Gasteiger partial charge on any atom is -0.396 e. The van der Waals surface area contributed by atoms with Crippen LogP contribution in [0.5, 0.6) is 0 Å². The van der Waals surface area contributed by atoms with Crippen LogP contribution < -0.4 is 11.1 Å². The van der Waals surface area contributed by atoms with Crippen LogP contribution in [0.3, 0.4) is 0 Å². The second-order valence-electron chi connectivity index (χ2n) is 3.22. The van der Waals surface area contributed by atoms with E-state index in [1.165, 1.54) is 0 Å². The van der Waals surface area contributed by atoms with Gasteiger partial charge in [0.1, 0.15) is 0 Å². The number of nitrogens with one attached hydrogen (secondary N) is 2. The first-order chi connectivity index (χ1) is 7.68. The van der Waals surface area contributed by atoms with E-state index in [1.807, 2.05) is 6.92 Å². The fraction of sp³-hybridized carbons (Fsp3) is 0.250. The van der Waals surface area contributed by atoms with Crippen LogP contribution in [0.4, 0.5) is 11.4 Å². The third-order valence-corrected chi connectivity index (χ3v) is 2.64. The standard InChI is InChI=1S/C8H10BrN7/c1-4(8-13-15-16-14-8)12-7-5(9)2-11-3-6(7)10/h2-4H,10H2,1H3,(H,11,12)(H,13,14,15,16). The summed E-state index contributed by atoms with van der Waals surface area (Å²) in [6, 6.07) is -0.0975. The molecule has 84 valence electrons. The summed E-state index contributed by atoms with van der Waals surface area (Å²) in [5, 5.41) is 16.9. The zero-order valence-corrected chi connectivity index (χ0v) is 10.1.